The van der Waals surface area contributed by atoms with Gasteiger partial charge in [-0.05, 0) is 112 Å². The van der Waals surface area contributed by atoms with Crippen LogP contribution in [0, 0.1) is 40.9 Å². The van der Waals surface area contributed by atoms with Gasteiger partial charge in [0.1, 0.15) is 0 Å². The SMILES string of the molecule is C[C@@]1(O)CC[C@H]2[C@H](CC[C@@H]3[C@@H]2CC[C@]2(C)[C@@H](CC(=O)NC4C=CC=CC4)CC[C@@H]32)C1. The van der Waals surface area contributed by atoms with Crippen LogP contribution >= 0.6 is 0 Å². The molecule has 0 aromatic heterocycles. The van der Waals surface area contributed by atoms with Crippen molar-refractivity contribution in [1.82, 2.24) is 5.32 Å². The summed E-state index contributed by atoms with van der Waals surface area (Å²) < 4.78 is 0. The molecule has 3 nitrogen and oxygen atoms in total. The van der Waals surface area contributed by atoms with Crippen molar-refractivity contribution in [2.75, 3.05) is 0 Å². The average Bonchev–Trinajstić information content (AvgIpc) is 3.04. The van der Waals surface area contributed by atoms with Gasteiger partial charge in [0.2, 0.25) is 5.91 Å². The second kappa shape index (κ2) is 7.80. The topological polar surface area (TPSA) is 49.3 Å². The Bertz CT molecular complexity index is 724. The van der Waals surface area contributed by atoms with Crippen molar-refractivity contribution in [3.05, 3.63) is 24.3 Å². The third-order valence-corrected chi connectivity index (χ3v) is 10.2. The van der Waals surface area contributed by atoms with Crippen molar-refractivity contribution in [2.24, 2.45) is 40.9 Å². The first kappa shape index (κ1) is 20.8. The first-order valence-electron chi connectivity index (χ1n) is 12.7. The minimum absolute atomic E-state index is 0.182. The molecule has 1 unspecified atom stereocenters. The Kier molecular flexibility index (Phi) is 5.40. The molecule has 3 heteroatoms. The lowest BCUT2D eigenvalue weighted by molar-refractivity contribution is -0.125. The van der Waals surface area contributed by atoms with Gasteiger partial charge in [0.05, 0.1) is 11.6 Å². The van der Waals surface area contributed by atoms with Crippen LogP contribution in [0.2, 0.25) is 0 Å². The van der Waals surface area contributed by atoms with Gasteiger partial charge >= 0.3 is 0 Å². The molecule has 0 aromatic rings. The third-order valence-electron chi connectivity index (χ3n) is 10.2. The van der Waals surface area contributed by atoms with Crippen molar-refractivity contribution in [2.45, 2.75) is 96.1 Å². The first-order chi connectivity index (χ1) is 14.4. The van der Waals surface area contributed by atoms with Crippen LogP contribution < -0.4 is 5.32 Å². The van der Waals surface area contributed by atoms with E-state index in [9.17, 15) is 9.90 Å². The monoisotopic (exact) mass is 411 g/mol. The number of amides is 1. The molecule has 166 valence electrons. The van der Waals surface area contributed by atoms with Crippen LogP contribution in [-0.4, -0.2) is 22.7 Å². The van der Waals surface area contributed by atoms with Gasteiger partial charge in [0.15, 0.2) is 0 Å². The Labute approximate surface area is 182 Å². The second-order valence-corrected chi connectivity index (χ2v) is 11.9. The number of allylic oxidation sites excluding steroid dienone is 2. The van der Waals surface area contributed by atoms with Gasteiger partial charge < -0.3 is 10.4 Å². The molecule has 0 saturated heterocycles. The van der Waals surface area contributed by atoms with Crippen LogP contribution in [0.1, 0.15) is 84.5 Å². The second-order valence-electron chi connectivity index (χ2n) is 11.9. The molecule has 9 atom stereocenters. The average molecular weight is 412 g/mol. The summed E-state index contributed by atoms with van der Waals surface area (Å²) in [5, 5.41) is 13.9. The smallest absolute Gasteiger partial charge is 0.220 e. The van der Waals surface area contributed by atoms with Crippen LogP contribution in [0.4, 0.5) is 0 Å². The van der Waals surface area contributed by atoms with Gasteiger partial charge in [-0.3, -0.25) is 4.79 Å². The lowest BCUT2D eigenvalue weighted by Gasteiger charge is -2.57. The lowest BCUT2D eigenvalue weighted by Crippen LogP contribution is -2.50. The highest BCUT2D eigenvalue weighted by Crippen LogP contribution is 2.65. The summed E-state index contributed by atoms with van der Waals surface area (Å²) in [5.41, 5.74) is -0.0693. The first-order valence-corrected chi connectivity index (χ1v) is 12.7. The number of hydrogen-bond donors (Lipinski definition) is 2. The van der Waals surface area contributed by atoms with Gasteiger partial charge in [-0.25, -0.2) is 0 Å². The summed E-state index contributed by atoms with van der Waals surface area (Å²) >= 11 is 0. The predicted octanol–water partition coefficient (Wildman–Crippen LogP) is 5.40. The van der Waals surface area contributed by atoms with E-state index in [0.29, 0.717) is 17.8 Å². The lowest BCUT2D eigenvalue weighted by atomic mass is 9.49. The number of carbonyl (C=O) groups excluding carboxylic acids is 1. The summed E-state index contributed by atoms with van der Waals surface area (Å²) in [6, 6.07) is 0.182. The van der Waals surface area contributed by atoms with Crippen LogP contribution in [0.15, 0.2) is 24.3 Å². The molecular formula is C27H41NO2. The van der Waals surface area contributed by atoms with E-state index in [1.165, 1.54) is 44.9 Å². The van der Waals surface area contributed by atoms with E-state index in [1.54, 1.807) is 0 Å². The molecule has 30 heavy (non-hydrogen) atoms. The standard InChI is InChI=1S/C27H41NO2/c1-26(30)14-12-21-18(17-26)8-10-23-22(21)13-15-27(2)19(9-11-24(23)27)16-25(29)28-20-6-4-3-5-7-20/h3-6,18-24,30H,7-17H2,1-2H3,(H,28,29)/t18-,19-,20?,21+,22-,23-,24+,26-,27-/m1/s1. The fourth-order valence-corrected chi connectivity index (χ4v) is 8.70. The van der Waals surface area contributed by atoms with E-state index in [1.807, 2.05) is 6.08 Å². The molecule has 0 spiro atoms. The Morgan fingerprint density at radius 2 is 1.83 bits per heavy atom. The highest BCUT2D eigenvalue weighted by Gasteiger charge is 2.57. The highest BCUT2D eigenvalue weighted by atomic mass is 16.3. The van der Waals surface area contributed by atoms with Crippen molar-refractivity contribution in [3.63, 3.8) is 0 Å². The molecule has 2 N–H and O–H groups in total. The summed E-state index contributed by atoms with van der Waals surface area (Å²) in [6.07, 6.45) is 21.2. The number of carbonyl (C=O) groups is 1. The summed E-state index contributed by atoms with van der Waals surface area (Å²) in [5.74, 6) is 4.97. The molecule has 5 aliphatic carbocycles. The third kappa shape index (κ3) is 3.70. The van der Waals surface area contributed by atoms with Crippen molar-refractivity contribution < 1.29 is 9.90 Å². The van der Waals surface area contributed by atoms with E-state index in [2.05, 4.69) is 37.4 Å². The van der Waals surface area contributed by atoms with Crippen molar-refractivity contribution >= 4 is 5.91 Å². The fourth-order valence-electron chi connectivity index (χ4n) is 8.70. The molecule has 1 amide bonds. The largest absolute Gasteiger partial charge is 0.390 e. The van der Waals surface area contributed by atoms with Crippen LogP contribution in [0.5, 0.6) is 0 Å². The summed E-state index contributed by atoms with van der Waals surface area (Å²) in [6.45, 7) is 4.58. The summed E-state index contributed by atoms with van der Waals surface area (Å²) in [7, 11) is 0. The minimum Gasteiger partial charge on any atom is -0.390 e. The van der Waals surface area contributed by atoms with Crippen LogP contribution in [-0.2, 0) is 4.79 Å². The molecule has 0 aromatic carbocycles. The molecule has 4 fully saturated rings. The van der Waals surface area contributed by atoms with Crippen LogP contribution in [0.25, 0.3) is 0 Å². The molecule has 4 saturated carbocycles. The molecule has 5 aliphatic rings. The van der Waals surface area contributed by atoms with Crippen molar-refractivity contribution in [1.29, 1.82) is 0 Å². The Hall–Kier alpha value is -1.09. The number of hydrogen-bond acceptors (Lipinski definition) is 2. The zero-order valence-corrected chi connectivity index (χ0v) is 19.0. The molecule has 0 aliphatic heterocycles. The van der Waals surface area contributed by atoms with Crippen molar-refractivity contribution in [3.8, 4) is 0 Å². The van der Waals surface area contributed by atoms with Gasteiger partial charge in [0, 0.05) is 6.42 Å². The van der Waals surface area contributed by atoms with E-state index in [0.717, 1.165) is 48.9 Å². The normalized spacial score (nSPS) is 49.8. The van der Waals surface area contributed by atoms with Gasteiger partial charge in [-0.15, -0.1) is 0 Å². The maximum absolute atomic E-state index is 12.8. The number of fused-ring (bicyclic) bond motifs is 5. The minimum atomic E-state index is -0.424. The van der Waals surface area contributed by atoms with Crippen LogP contribution in [0.3, 0.4) is 0 Å². The Morgan fingerprint density at radius 3 is 2.63 bits per heavy atom. The molecule has 5 rings (SSSR count). The van der Waals surface area contributed by atoms with E-state index in [-0.39, 0.29) is 11.9 Å². The quantitative estimate of drug-likeness (QED) is 0.653. The number of aliphatic hydroxyl groups is 1. The Balaban J connectivity index is 1.24. The molecule has 0 bridgehead atoms. The van der Waals surface area contributed by atoms with E-state index in [4.69, 9.17) is 0 Å². The molecular weight excluding hydrogens is 370 g/mol. The molecule has 0 radical (unpaired) electrons. The maximum atomic E-state index is 12.8. The number of nitrogens with one attached hydrogen (secondary N) is 1. The molecule has 0 heterocycles. The van der Waals surface area contributed by atoms with Gasteiger partial charge in [-0.1, -0.05) is 31.2 Å². The zero-order valence-electron chi connectivity index (χ0n) is 19.0. The van der Waals surface area contributed by atoms with E-state index < -0.39 is 5.60 Å². The number of rotatable bonds is 3. The zero-order chi connectivity index (χ0) is 20.9. The van der Waals surface area contributed by atoms with Gasteiger partial charge in [-0.2, -0.15) is 0 Å². The van der Waals surface area contributed by atoms with Gasteiger partial charge in [0.25, 0.3) is 0 Å². The van der Waals surface area contributed by atoms with E-state index >= 15 is 0 Å². The summed E-state index contributed by atoms with van der Waals surface area (Å²) in [4.78, 5) is 12.8. The Morgan fingerprint density at radius 1 is 1.00 bits per heavy atom. The maximum Gasteiger partial charge on any atom is 0.220 e. The fraction of sp³-hybridized carbons (Fsp3) is 0.815. The predicted molar refractivity (Wildman–Crippen MR) is 121 cm³/mol. The highest BCUT2D eigenvalue weighted by molar-refractivity contribution is 5.77.